The van der Waals surface area contributed by atoms with Gasteiger partial charge in [-0.05, 0) is 157 Å². The molecule has 113 heavy (non-hydrogen) atoms. The highest BCUT2D eigenvalue weighted by molar-refractivity contribution is 5.85. The third kappa shape index (κ3) is 26.8. The van der Waals surface area contributed by atoms with E-state index in [0.717, 1.165) is 95.5 Å². The highest BCUT2D eigenvalue weighted by Gasteiger charge is 2.36. The smallest absolute Gasteiger partial charge is 0.394 e. The van der Waals surface area contributed by atoms with Crippen molar-refractivity contribution < 1.29 is 55.4 Å². The monoisotopic (exact) mass is 1560 g/mol. The predicted octanol–water partition coefficient (Wildman–Crippen LogP) is 11.8. The molecule has 4 unspecified atom stereocenters. The van der Waals surface area contributed by atoms with Gasteiger partial charge in [0.05, 0.1) is 36.9 Å². The molecule has 0 radical (unpaired) electrons. The van der Waals surface area contributed by atoms with Gasteiger partial charge < -0.3 is 41.7 Å². The molecular formula is C79H92F6N22O6. The molecule has 0 bridgehead atoms. The van der Waals surface area contributed by atoms with Gasteiger partial charge in [0.25, 0.3) is 0 Å². The molecule has 28 nitrogen and oxygen atoms in total. The van der Waals surface area contributed by atoms with Crippen molar-refractivity contribution in [2.45, 2.75) is 138 Å². The third-order valence-electron chi connectivity index (χ3n) is 17.1. The molecule has 2 saturated heterocycles. The number of aromatic nitrogens is 14. The number of hydrogen-bond acceptors (Lipinski definition) is 24. The standard InChI is InChI=1S/C18H23N5O2.C16H18N4O.C15H14F3N5O.C15H15F3N4O.C14H18N4O.CH4/c1-3-14-12-16(22-17(21-14)15-6-4-5-7-19-15)20-13(2)18(24)23-8-10-25-11-9-23;1-2-12-9-13(19-20-16(21)11-6-7-11)10-15(18-12)14-5-3-4-8-17-14;16-15(17,18)11-8-12(21-10-5-3-7-20-14(10)24)23-13(22-11)9-4-1-2-6-19-9;1-9(7-13(19)23)6-10-8-12(15(16,17)18)22-14(21-10)11-4-2-3-5-20-11;1-9(8-19)16-13-10(2)11(3)17-14(18-13)12-6-4-5-7-15-12;/h4-7,12-13H,3,8-11H2,1-2H3,(H,20,21,22);3-5,8-11H,2,6-7H2,1H3,(H,18,19)(H,20,21);1-2,4,6,8,10H,3,5,7H2,(H,20,24)(H,21,22,23);2-5,8-9H,6-7H2,1H3,(H2,19,23);4-7,9,19H,8H2,1-3H3,(H,16,17,18);1H4. The number of anilines is 4. The van der Waals surface area contributed by atoms with Gasteiger partial charge in [0.15, 0.2) is 29.0 Å². The van der Waals surface area contributed by atoms with E-state index in [1.807, 2.05) is 112 Å². The van der Waals surface area contributed by atoms with Crippen molar-refractivity contribution in [2.75, 3.05) is 60.8 Å². The molecule has 1 saturated carbocycles. The minimum atomic E-state index is -4.63. The number of morpholine rings is 1. The minimum absolute atomic E-state index is 0. The zero-order chi connectivity index (χ0) is 80.3. The fraction of sp³-hybridized carbons (Fsp3) is 0.367. The Morgan fingerprint density at radius 1 is 0.602 bits per heavy atom. The quantitative estimate of drug-likeness (QED) is 0.0231. The summed E-state index contributed by atoms with van der Waals surface area (Å²) < 4.78 is 83.7. The van der Waals surface area contributed by atoms with Crippen molar-refractivity contribution in [3.8, 4) is 57.5 Å². The Morgan fingerprint density at radius 2 is 1.11 bits per heavy atom. The Morgan fingerprint density at radius 3 is 1.61 bits per heavy atom. The first-order valence-corrected chi connectivity index (χ1v) is 36.3. The maximum atomic E-state index is 13.1. The fourth-order valence-electron chi connectivity index (χ4n) is 10.9. The molecule has 13 rings (SSSR count). The van der Waals surface area contributed by atoms with E-state index in [1.54, 1.807) is 49.8 Å². The minimum Gasteiger partial charge on any atom is -0.394 e. The van der Waals surface area contributed by atoms with Crippen molar-refractivity contribution >= 4 is 46.8 Å². The molecule has 10 aromatic rings. The van der Waals surface area contributed by atoms with Crippen molar-refractivity contribution in [1.29, 1.82) is 0 Å². The van der Waals surface area contributed by atoms with E-state index in [2.05, 4.69) is 109 Å². The van der Waals surface area contributed by atoms with E-state index >= 15 is 0 Å². The maximum absolute atomic E-state index is 13.1. The highest BCUT2D eigenvalue weighted by Crippen LogP contribution is 2.33. The summed E-state index contributed by atoms with van der Waals surface area (Å²) in [7, 11) is 0. The molecule has 4 atom stereocenters. The number of alkyl halides is 6. The average Bonchev–Trinajstić information content (AvgIpc) is 1.51. The van der Waals surface area contributed by atoms with E-state index in [1.165, 1.54) is 24.5 Å². The van der Waals surface area contributed by atoms with Crippen LogP contribution in [-0.4, -0.2) is 161 Å². The van der Waals surface area contributed by atoms with Crippen LogP contribution in [0.15, 0.2) is 152 Å². The number of primary amides is 1. The van der Waals surface area contributed by atoms with Gasteiger partial charge in [0.1, 0.15) is 58.0 Å². The average molecular weight is 1560 g/mol. The summed E-state index contributed by atoms with van der Waals surface area (Å²) in [6, 6.07) is 33.0. The van der Waals surface area contributed by atoms with Crippen molar-refractivity contribution in [3.63, 3.8) is 0 Å². The van der Waals surface area contributed by atoms with Gasteiger partial charge in [-0.1, -0.05) is 58.5 Å². The lowest BCUT2D eigenvalue weighted by atomic mass is 10.0. The van der Waals surface area contributed by atoms with Crippen LogP contribution in [0.4, 0.5) is 49.5 Å². The molecule has 2 aliphatic heterocycles. The summed E-state index contributed by atoms with van der Waals surface area (Å²) >= 11 is 0. The molecule has 9 N–H and O–H groups in total. The second-order valence-corrected chi connectivity index (χ2v) is 26.2. The summed E-state index contributed by atoms with van der Waals surface area (Å²) in [6.07, 6.45) is 3.98. The number of nitrogens with one attached hydrogen (secondary N) is 6. The molecule has 4 amide bonds. The fourth-order valence-corrected chi connectivity index (χ4v) is 10.9. The number of hydrogen-bond donors (Lipinski definition) is 8. The first kappa shape index (κ1) is 86.4. The molecule has 3 fully saturated rings. The molecule has 0 spiro atoms. The number of piperidine rings is 1. The van der Waals surface area contributed by atoms with Gasteiger partial charge in [-0.3, -0.25) is 59.9 Å². The van der Waals surface area contributed by atoms with E-state index in [-0.39, 0.29) is 103 Å². The van der Waals surface area contributed by atoms with Crippen LogP contribution in [0.2, 0.25) is 0 Å². The number of amides is 4. The van der Waals surface area contributed by atoms with Crippen molar-refractivity contribution in [2.24, 2.45) is 17.6 Å². The Bertz CT molecular complexity index is 4710. The Hall–Kier alpha value is -12.2. The summed E-state index contributed by atoms with van der Waals surface area (Å²) in [5, 5.41) is 20.9. The van der Waals surface area contributed by atoms with E-state index in [0.29, 0.717) is 62.4 Å². The summed E-state index contributed by atoms with van der Waals surface area (Å²) in [6.45, 7) is 16.5. The van der Waals surface area contributed by atoms with Crippen LogP contribution in [0.3, 0.4) is 0 Å². The number of nitrogens with two attached hydrogens (primary N) is 1. The number of carbonyl (C=O) groups is 4. The topological polar surface area (TPSA) is 380 Å². The number of hydrazine groups is 1. The normalized spacial score (nSPS) is 14.5. The lowest BCUT2D eigenvalue weighted by molar-refractivity contribution is -0.142. The van der Waals surface area contributed by atoms with Crippen LogP contribution in [0, 0.1) is 25.7 Å². The van der Waals surface area contributed by atoms with Crippen molar-refractivity contribution in [3.05, 3.63) is 192 Å². The number of aliphatic hydroxyl groups is 1. The lowest BCUT2D eigenvalue weighted by Crippen LogP contribution is -2.47. The predicted molar refractivity (Wildman–Crippen MR) is 415 cm³/mol. The Balaban J connectivity index is 0.000000177. The van der Waals surface area contributed by atoms with Crippen LogP contribution in [0.25, 0.3) is 57.5 Å². The number of nitrogens with zero attached hydrogens (tertiary/aromatic N) is 15. The maximum Gasteiger partial charge on any atom is 0.433 e. The van der Waals surface area contributed by atoms with Crippen LogP contribution < -0.4 is 37.9 Å². The van der Waals surface area contributed by atoms with Gasteiger partial charge in [-0.15, -0.1) is 0 Å². The van der Waals surface area contributed by atoms with E-state index in [9.17, 15) is 45.5 Å². The van der Waals surface area contributed by atoms with E-state index in [4.69, 9.17) is 15.6 Å². The zero-order valence-corrected chi connectivity index (χ0v) is 62.8. The number of pyridine rings is 6. The summed E-state index contributed by atoms with van der Waals surface area (Å²) in [4.78, 5) is 108. The van der Waals surface area contributed by atoms with Gasteiger partial charge in [0.2, 0.25) is 23.6 Å². The SMILES string of the molecule is C.CC(CC(N)=O)Cc1cc(C(F)(F)F)nc(-c2ccccn2)n1.CCc1cc(NC(C)C(=O)N2CCOCC2)nc(-c2ccccn2)n1.CCc1cc(NNC(=O)C2CC2)cc(-c2ccccn2)n1.Cc1nc(-c2ccccn2)nc(NC(C)CO)c1C.O=C1NCCCC1Nc1cc(C(F)(F)F)nc(-c2ccccn2)n1. The van der Waals surface area contributed by atoms with Gasteiger partial charge in [-0.25, -0.2) is 39.9 Å². The lowest BCUT2D eigenvalue weighted by Gasteiger charge is -2.29. The van der Waals surface area contributed by atoms with Crippen molar-refractivity contribution in [1.82, 2.24) is 85.4 Å². The number of aryl methyl sites for hydroxylation is 3. The van der Waals surface area contributed by atoms with Crippen LogP contribution in [0.1, 0.15) is 114 Å². The molecule has 10 aromatic heterocycles. The molecule has 3 aliphatic rings. The van der Waals surface area contributed by atoms with Crippen LogP contribution >= 0.6 is 0 Å². The number of halogens is 6. The second-order valence-electron chi connectivity index (χ2n) is 26.2. The molecular weight excluding hydrogens is 1470 g/mol. The van der Waals surface area contributed by atoms with Crippen LogP contribution in [-0.2, 0) is 55.5 Å². The van der Waals surface area contributed by atoms with Crippen LogP contribution in [0.5, 0.6) is 0 Å². The Labute approximate surface area is 650 Å². The van der Waals surface area contributed by atoms with Gasteiger partial charge in [0, 0.05) is 109 Å². The second kappa shape index (κ2) is 41.7. The van der Waals surface area contributed by atoms with Gasteiger partial charge in [-0.2, -0.15) is 26.3 Å². The number of ether oxygens (including phenoxy) is 1. The molecule has 12 heterocycles. The zero-order valence-electron chi connectivity index (χ0n) is 62.8. The van der Waals surface area contributed by atoms with E-state index < -0.39 is 35.7 Å². The largest absolute Gasteiger partial charge is 0.433 e. The summed E-state index contributed by atoms with van der Waals surface area (Å²) in [5.74, 6) is 1.55. The number of rotatable bonds is 22. The third-order valence-corrected chi connectivity index (χ3v) is 17.1. The highest BCUT2D eigenvalue weighted by atomic mass is 19.4. The Kier molecular flexibility index (Phi) is 31.9. The molecule has 0 aromatic carbocycles. The molecule has 596 valence electrons. The first-order chi connectivity index (χ1) is 53.7. The van der Waals surface area contributed by atoms with Gasteiger partial charge >= 0.3 is 12.4 Å². The number of carbonyl (C=O) groups excluding carboxylic acids is 4. The molecule has 34 heteroatoms. The number of aliphatic hydroxyl groups excluding tert-OH is 1. The first-order valence-electron chi connectivity index (χ1n) is 36.3. The molecule has 1 aliphatic carbocycles. The summed E-state index contributed by atoms with van der Waals surface area (Å²) in [5.41, 5.74) is 17.1.